The predicted molar refractivity (Wildman–Crippen MR) is 122 cm³/mol. The van der Waals surface area contributed by atoms with Gasteiger partial charge in [0.2, 0.25) is 0 Å². The maximum Gasteiger partial charge on any atom is 0.255 e. The van der Waals surface area contributed by atoms with Gasteiger partial charge in [0.1, 0.15) is 18.1 Å². The average molecular weight is 424 g/mol. The molecule has 0 saturated heterocycles. The molecule has 0 aliphatic carbocycles. The first-order valence-electron chi connectivity index (χ1n) is 10.0. The number of anilines is 1. The van der Waals surface area contributed by atoms with Crippen molar-refractivity contribution >= 4 is 23.2 Å². The van der Waals surface area contributed by atoms with E-state index in [1.165, 1.54) is 12.0 Å². The van der Waals surface area contributed by atoms with Crippen molar-refractivity contribution in [2.75, 3.05) is 12.4 Å². The molecular formula is C25H26ClNO3. The number of unbranched alkanes of at least 4 members (excludes halogenated alkanes) is 1. The summed E-state index contributed by atoms with van der Waals surface area (Å²) in [5.74, 6) is 1.14. The van der Waals surface area contributed by atoms with Gasteiger partial charge < -0.3 is 14.8 Å². The Labute approximate surface area is 182 Å². The Morgan fingerprint density at radius 1 is 1.03 bits per heavy atom. The highest BCUT2D eigenvalue weighted by Gasteiger charge is 2.12. The Kier molecular flexibility index (Phi) is 7.75. The van der Waals surface area contributed by atoms with Gasteiger partial charge in [0.25, 0.3) is 5.91 Å². The van der Waals surface area contributed by atoms with E-state index in [-0.39, 0.29) is 12.5 Å². The van der Waals surface area contributed by atoms with E-state index < -0.39 is 0 Å². The number of amides is 1. The smallest absolute Gasteiger partial charge is 0.255 e. The summed E-state index contributed by atoms with van der Waals surface area (Å²) < 4.78 is 11.2. The summed E-state index contributed by atoms with van der Waals surface area (Å²) in [6.45, 7) is 2.44. The van der Waals surface area contributed by atoms with Crippen LogP contribution in [0.3, 0.4) is 0 Å². The number of hydrogen-bond donors (Lipinski definition) is 1. The number of halogens is 1. The SMILES string of the molecule is CCCCc1ccc(NC(=O)c2ccc(OC)c(COc3cccc(Cl)c3)c2)cc1. The van der Waals surface area contributed by atoms with E-state index in [1.54, 1.807) is 37.4 Å². The number of benzene rings is 3. The van der Waals surface area contributed by atoms with Crippen LogP contribution in [0.15, 0.2) is 66.7 Å². The van der Waals surface area contributed by atoms with E-state index in [9.17, 15) is 4.79 Å². The number of carbonyl (C=O) groups is 1. The molecule has 0 aliphatic rings. The van der Waals surface area contributed by atoms with Crippen LogP contribution >= 0.6 is 11.6 Å². The van der Waals surface area contributed by atoms with Gasteiger partial charge in [-0.05, 0) is 66.9 Å². The number of ether oxygens (including phenoxy) is 2. The second kappa shape index (κ2) is 10.7. The topological polar surface area (TPSA) is 47.6 Å². The maximum atomic E-state index is 12.7. The maximum absolute atomic E-state index is 12.7. The molecular weight excluding hydrogens is 398 g/mol. The Bertz CT molecular complexity index is 986. The highest BCUT2D eigenvalue weighted by atomic mass is 35.5. The van der Waals surface area contributed by atoms with Crippen molar-refractivity contribution in [3.63, 3.8) is 0 Å². The molecule has 0 heterocycles. The van der Waals surface area contributed by atoms with Gasteiger partial charge in [-0.15, -0.1) is 0 Å². The third-order valence-corrected chi connectivity index (χ3v) is 5.00. The average Bonchev–Trinajstić information content (AvgIpc) is 2.77. The summed E-state index contributed by atoms with van der Waals surface area (Å²) in [6, 6.07) is 20.5. The molecule has 156 valence electrons. The third kappa shape index (κ3) is 6.01. The molecule has 5 heteroatoms. The molecule has 0 atom stereocenters. The molecule has 0 unspecified atom stereocenters. The number of nitrogens with one attached hydrogen (secondary N) is 1. The minimum Gasteiger partial charge on any atom is -0.496 e. The summed E-state index contributed by atoms with van der Waals surface area (Å²) in [5.41, 5.74) is 3.36. The standard InChI is InChI=1S/C25H26ClNO3/c1-3-4-6-18-9-12-22(13-10-18)27-25(28)19-11-14-24(29-2)20(15-19)17-30-23-8-5-7-21(26)16-23/h5,7-16H,3-4,6,17H2,1-2H3,(H,27,28). The Hall–Kier alpha value is -2.98. The van der Waals surface area contributed by atoms with Crippen LogP contribution in [0.1, 0.15) is 41.3 Å². The van der Waals surface area contributed by atoms with Gasteiger partial charge >= 0.3 is 0 Å². The zero-order valence-corrected chi connectivity index (χ0v) is 18.0. The summed E-state index contributed by atoms with van der Waals surface area (Å²) in [5, 5.41) is 3.55. The van der Waals surface area contributed by atoms with Gasteiger partial charge in [0.15, 0.2) is 0 Å². The van der Waals surface area contributed by atoms with E-state index in [4.69, 9.17) is 21.1 Å². The minimum atomic E-state index is -0.178. The lowest BCUT2D eigenvalue weighted by atomic mass is 10.1. The highest BCUT2D eigenvalue weighted by molar-refractivity contribution is 6.30. The van der Waals surface area contributed by atoms with Gasteiger partial charge in [-0.3, -0.25) is 4.79 Å². The zero-order valence-electron chi connectivity index (χ0n) is 17.3. The number of carbonyl (C=O) groups excluding carboxylic acids is 1. The lowest BCUT2D eigenvalue weighted by Gasteiger charge is -2.13. The number of rotatable bonds is 9. The fourth-order valence-electron chi connectivity index (χ4n) is 3.09. The molecule has 3 aromatic rings. The molecule has 0 spiro atoms. The van der Waals surface area contributed by atoms with Crippen LogP contribution in [-0.4, -0.2) is 13.0 Å². The molecule has 0 aromatic heterocycles. The first-order valence-corrected chi connectivity index (χ1v) is 10.4. The van der Waals surface area contributed by atoms with Crippen LogP contribution in [0, 0.1) is 0 Å². The summed E-state index contributed by atoms with van der Waals surface area (Å²) in [4.78, 5) is 12.7. The molecule has 0 fully saturated rings. The summed E-state index contributed by atoms with van der Waals surface area (Å²) >= 11 is 6.01. The van der Waals surface area contributed by atoms with Gasteiger partial charge in [-0.2, -0.15) is 0 Å². The molecule has 0 saturated carbocycles. The highest BCUT2D eigenvalue weighted by Crippen LogP contribution is 2.24. The Morgan fingerprint density at radius 2 is 1.83 bits per heavy atom. The Balaban J connectivity index is 1.69. The normalized spacial score (nSPS) is 10.5. The fourth-order valence-corrected chi connectivity index (χ4v) is 3.27. The molecule has 0 aliphatic heterocycles. The molecule has 3 rings (SSSR count). The predicted octanol–water partition coefficient (Wildman–Crippen LogP) is 6.52. The van der Waals surface area contributed by atoms with E-state index in [1.807, 2.05) is 24.3 Å². The van der Waals surface area contributed by atoms with Crippen molar-refractivity contribution in [1.82, 2.24) is 0 Å². The number of aryl methyl sites for hydroxylation is 1. The second-order valence-electron chi connectivity index (χ2n) is 7.03. The van der Waals surface area contributed by atoms with Crippen LogP contribution in [-0.2, 0) is 13.0 Å². The zero-order chi connectivity index (χ0) is 21.3. The van der Waals surface area contributed by atoms with Gasteiger partial charge in [-0.1, -0.05) is 43.1 Å². The van der Waals surface area contributed by atoms with Crippen molar-refractivity contribution in [3.8, 4) is 11.5 Å². The van der Waals surface area contributed by atoms with E-state index >= 15 is 0 Å². The summed E-state index contributed by atoms with van der Waals surface area (Å²) in [7, 11) is 1.60. The Morgan fingerprint density at radius 3 is 2.53 bits per heavy atom. The van der Waals surface area contributed by atoms with Gasteiger partial charge in [0.05, 0.1) is 7.11 Å². The van der Waals surface area contributed by atoms with Crippen LogP contribution < -0.4 is 14.8 Å². The van der Waals surface area contributed by atoms with Gasteiger partial charge in [-0.25, -0.2) is 0 Å². The fraction of sp³-hybridized carbons (Fsp3) is 0.240. The number of methoxy groups -OCH3 is 1. The quantitative estimate of drug-likeness (QED) is 0.426. The van der Waals surface area contributed by atoms with Crippen LogP contribution in [0.5, 0.6) is 11.5 Å². The van der Waals surface area contributed by atoms with Crippen molar-refractivity contribution in [1.29, 1.82) is 0 Å². The largest absolute Gasteiger partial charge is 0.496 e. The molecule has 3 aromatic carbocycles. The van der Waals surface area contributed by atoms with E-state index in [0.717, 1.165) is 24.1 Å². The van der Waals surface area contributed by atoms with Crippen molar-refractivity contribution in [3.05, 3.63) is 88.4 Å². The van der Waals surface area contributed by atoms with E-state index in [2.05, 4.69) is 24.4 Å². The van der Waals surface area contributed by atoms with Crippen molar-refractivity contribution in [2.24, 2.45) is 0 Å². The first-order chi connectivity index (χ1) is 14.6. The second-order valence-corrected chi connectivity index (χ2v) is 7.46. The van der Waals surface area contributed by atoms with Crippen LogP contribution in [0.4, 0.5) is 5.69 Å². The van der Waals surface area contributed by atoms with Crippen LogP contribution in [0.2, 0.25) is 5.02 Å². The monoisotopic (exact) mass is 423 g/mol. The van der Waals surface area contributed by atoms with Crippen molar-refractivity contribution in [2.45, 2.75) is 32.8 Å². The molecule has 1 N–H and O–H groups in total. The summed E-state index contributed by atoms with van der Waals surface area (Å²) in [6.07, 6.45) is 3.39. The van der Waals surface area contributed by atoms with E-state index in [0.29, 0.717) is 22.1 Å². The molecule has 4 nitrogen and oxygen atoms in total. The molecule has 1 amide bonds. The van der Waals surface area contributed by atoms with Crippen molar-refractivity contribution < 1.29 is 14.3 Å². The molecule has 0 bridgehead atoms. The molecule has 0 radical (unpaired) electrons. The lowest BCUT2D eigenvalue weighted by molar-refractivity contribution is 0.102. The van der Waals surface area contributed by atoms with Crippen LogP contribution in [0.25, 0.3) is 0 Å². The van der Waals surface area contributed by atoms with Gasteiger partial charge in [0, 0.05) is 21.8 Å². The molecule has 30 heavy (non-hydrogen) atoms. The minimum absolute atomic E-state index is 0.178. The first kappa shape index (κ1) is 21.7. The number of hydrogen-bond acceptors (Lipinski definition) is 3. The third-order valence-electron chi connectivity index (χ3n) is 4.76. The lowest BCUT2D eigenvalue weighted by Crippen LogP contribution is -2.13.